The van der Waals surface area contributed by atoms with Gasteiger partial charge in [0.05, 0.1) is 17.5 Å². The minimum absolute atomic E-state index is 0.155. The van der Waals surface area contributed by atoms with Crippen molar-refractivity contribution in [2.75, 3.05) is 12.4 Å². The van der Waals surface area contributed by atoms with Crippen LogP contribution in [0.25, 0.3) is 0 Å². The number of carbonyl (C=O) groups is 2. The molecule has 1 N–H and O–H groups in total. The highest BCUT2D eigenvalue weighted by Crippen LogP contribution is 2.31. The van der Waals surface area contributed by atoms with Gasteiger partial charge in [-0.05, 0) is 29.8 Å². The topological polar surface area (TPSA) is 55.4 Å². The molecule has 0 radical (unpaired) electrons. The maximum atomic E-state index is 12.3. The average molecular weight is 441 g/mol. The average Bonchev–Trinajstić information content (AvgIpc) is 2.61. The standard InChI is InChI=1S/C17H15Br2NO3/c1-23-17(22)12-7-9-13(10-8-12)20-16(21)15(19)14(18)11-5-3-2-4-6-11/h2-10,14-15H,1H3,(H,20,21)/t14-,15-/m1/s1. The van der Waals surface area contributed by atoms with Gasteiger partial charge in [-0.15, -0.1) is 0 Å². The van der Waals surface area contributed by atoms with Crippen LogP contribution in [0.1, 0.15) is 20.7 Å². The van der Waals surface area contributed by atoms with Crippen molar-refractivity contribution in [2.45, 2.75) is 9.65 Å². The zero-order valence-corrected chi connectivity index (χ0v) is 15.5. The Morgan fingerprint density at radius 2 is 1.61 bits per heavy atom. The van der Waals surface area contributed by atoms with Crippen molar-refractivity contribution in [2.24, 2.45) is 0 Å². The largest absolute Gasteiger partial charge is 0.465 e. The van der Waals surface area contributed by atoms with Crippen molar-refractivity contribution < 1.29 is 14.3 Å². The molecular weight excluding hydrogens is 426 g/mol. The van der Waals surface area contributed by atoms with Gasteiger partial charge >= 0.3 is 5.97 Å². The lowest BCUT2D eigenvalue weighted by Crippen LogP contribution is -2.26. The van der Waals surface area contributed by atoms with Gasteiger partial charge in [-0.2, -0.15) is 0 Å². The number of hydrogen-bond acceptors (Lipinski definition) is 3. The predicted molar refractivity (Wildman–Crippen MR) is 97.2 cm³/mol. The molecule has 2 aromatic rings. The van der Waals surface area contributed by atoms with Crippen LogP contribution in [-0.2, 0) is 9.53 Å². The van der Waals surface area contributed by atoms with Crippen LogP contribution < -0.4 is 5.32 Å². The number of anilines is 1. The molecule has 0 heterocycles. The van der Waals surface area contributed by atoms with Crippen LogP contribution in [0, 0.1) is 0 Å². The first kappa shape index (κ1) is 17.7. The number of halogens is 2. The number of alkyl halides is 2. The highest BCUT2D eigenvalue weighted by molar-refractivity contribution is 9.12. The second-order valence-electron chi connectivity index (χ2n) is 4.77. The van der Waals surface area contributed by atoms with E-state index in [-0.39, 0.29) is 10.7 Å². The lowest BCUT2D eigenvalue weighted by atomic mass is 10.1. The first-order valence-corrected chi connectivity index (χ1v) is 8.68. The van der Waals surface area contributed by atoms with E-state index >= 15 is 0 Å². The van der Waals surface area contributed by atoms with E-state index in [1.807, 2.05) is 30.3 Å². The van der Waals surface area contributed by atoms with E-state index in [0.717, 1.165) is 5.56 Å². The van der Waals surface area contributed by atoms with Gasteiger partial charge < -0.3 is 10.1 Å². The van der Waals surface area contributed by atoms with E-state index in [1.165, 1.54) is 7.11 Å². The van der Waals surface area contributed by atoms with E-state index < -0.39 is 10.8 Å². The lowest BCUT2D eigenvalue weighted by molar-refractivity contribution is -0.115. The number of rotatable bonds is 5. The molecule has 2 aromatic carbocycles. The molecule has 0 spiro atoms. The molecule has 0 aromatic heterocycles. The molecule has 2 atom stereocenters. The van der Waals surface area contributed by atoms with E-state index in [4.69, 9.17) is 0 Å². The Balaban J connectivity index is 2.02. The summed E-state index contributed by atoms with van der Waals surface area (Å²) in [6.45, 7) is 0. The number of esters is 1. The summed E-state index contributed by atoms with van der Waals surface area (Å²) >= 11 is 6.96. The van der Waals surface area contributed by atoms with Crippen LogP contribution in [0.4, 0.5) is 5.69 Å². The van der Waals surface area contributed by atoms with Gasteiger partial charge in [0.1, 0.15) is 4.83 Å². The van der Waals surface area contributed by atoms with Crippen LogP contribution in [0.2, 0.25) is 0 Å². The Kier molecular flexibility index (Phi) is 6.36. The van der Waals surface area contributed by atoms with Gasteiger partial charge in [-0.1, -0.05) is 62.2 Å². The summed E-state index contributed by atoms with van der Waals surface area (Å²) in [6, 6.07) is 16.2. The fourth-order valence-corrected chi connectivity index (χ4v) is 2.92. The molecule has 0 unspecified atom stereocenters. The van der Waals surface area contributed by atoms with Crippen molar-refractivity contribution in [1.82, 2.24) is 0 Å². The molecule has 120 valence electrons. The molecule has 0 saturated heterocycles. The predicted octanol–water partition coefficient (Wildman–Crippen LogP) is 4.31. The highest BCUT2D eigenvalue weighted by atomic mass is 79.9. The number of ether oxygens (including phenoxy) is 1. The number of benzene rings is 2. The molecule has 0 aliphatic heterocycles. The number of carbonyl (C=O) groups excluding carboxylic acids is 2. The van der Waals surface area contributed by atoms with Crippen molar-refractivity contribution in [3.05, 3.63) is 65.7 Å². The Morgan fingerprint density at radius 1 is 1.00 bits per heavy atom. The van der Waals surface area contributed by atoms with E-state index in [0.29, 0.717) is 11.3 Å². The van der Waals surface area contributed by atoms with Gasteiger partial charge in [0.2, 0.25) is 5.91 Å². The molecule has 0 fully saturated rings. The summed E-state index contributed by atoms with van der Waals surface area (Å²) in [5, 5.41) is 2.81. The van der Waals surface area contributed by atoms with Crippen molar-refractivity contribution in [3.63, 3.8) is 0 Å². The second-order valence-corrected chi connectivity index (χ2v) is 6.75. The third-order valence-corrected chi connectivity index (χ3v) is 5.91. The smallest absolute Gasteiger partial charge is 0.337 e. The van der Waals surface area contributed by atoms with Crippen LogP contribution >= 0.6 is 31.9 Å². The highest BCUT2D eigenvalue weighted by Gasteiger charge is 2.25. The van der Waals surface area contributed by atoms with Gasteiger partial charge in [0.15, 0.2) is 0 Å². The van der Waals surface area contributed by atoms with E-state index in [9.17, 15) is 9.59 Å². The summed E-state index contributed by atoms with van der Waals surface area (Å²) in [6.07, 6.45) is 0. The quantitative estimate of drug-likeness (QED) is 0.556. The Bertz CT molecular complexity index is 674. The molecule has 0 aliphatic rings. The first-order chi connectivity index (χ1) is 11.0. The molecule has 4 nitrogen and oxygen atoms in total. The van der Waals surface area contributed by atoms with Crippen molar-refractivity contribution in [3.8, 4) is 0 Å². The third-order valence-electron chi connectivity index (χ3n) is 3.20. The van der Waals surface area contributed by atoms with Crippen LogP contribution in [0.3, 0.4) is 0 Å². The minimum atomic E-state index is -0.440. The maximum absolute atomic E-state index is 12.3. The molecule has 0 aliphatic carbocycles. The Labute approximate surface area is 151 Å². The molecular formula is C17H15Br2NO3. The van der Waals surface area contributed by atoms with Gasteiger partial charge in [-0.3, -0.25) is 4.79 Å². The first-order valence-electron chi connectivity index (χ1n) is 6.85. The number of amides is 1. The Hall–Kier alpha value is -1.66. The normalized spacial score (nSPS) is 13.0. The summed E-state index contributed by atoms with van der Waals surface area (Å²) in [5.41, 5.74) is 2.05. The van der Waals surface area contributed by atoms with Gasteiger partial charge in [0.25, 0.3) is 0 Å². The van der Waals surface area contributed by atoms with Gasteiger partial charge in [0, 0.05) is 5.69 Å². The van der Waals surface area contributed by atoms with Crippen molar-refractivity contribution >= 4 is 49.4 Å². The minimum Gasteiger partial charge on any atom is -0.465 e. The van der Waals surface area contributed by atoms with E-state index in [1.54, 1.807) is 24.3 Å². The fraction of sp³-hybridized carbons (Fsp3) is 0.176. The molecule has 0 bridgehead atoms. The second kappa shape index (κ2) is 8.26. The molecule has 6 heteroatoms. The Morgan fingerprint density at radius 3 is 2.17 bits per heavy atom. The fourth-order valence-electron chi connectivity index (χ4n) is 1.96. The summed E-state index contributed by atoms with van der Waals surface area (Å²) in [7, 11) is 1.33. The number of methoxy groups -OCH3 is 1. The SMILES string of the molecule is COC(=O)c1ccc(NC(=O)[C@H](Br)[C@H](Br)c2ccccc2)cc1. The molecule has 1 amide bonds. The zero-order chi connectivity index (χ0) is 16.8. The molecule has 0 saturated carbocycles. The van der Waals surface area contributed by atoms with Gasteiger partial charge in [-0.25, -0.2) is 4.79 Å². The van der Waals surface area contributed by atoms with Crippen LogP contribution in [0.5, 0.6) is 0 Å². The van der Waals surface area contributed by atoms with Crippen molar-refractivity contribution in [1.29, 1.82) is 0 Å². The van der Waals surface area contributed by atoms with Crippen LogP contribution in [0.15, 0.2) is 54.6 Å². The number of hydrogen-bond donors (Lipinski definition) is 1. The molecule has 23 heavy (non-hydrogen) atoms. The van der Waals surface area contributed by atoms with E-state index in [2.05, 4.69) is 41.9 Å². The molecule has 2 rings (SSSR count). The summed E-state index contributed by atoms with van der Waals surface area (Å²) in [5.74, 6) is -0.590. The van der Waals surface area contributed by atoms with Crippen LogP contribution in [-0.4, -0.2) is 23.8 Å². The third kappa shape index (κ3) is 4.65. The maximum Gasteiger partial charge on any atom is 0.337 e. The zero-order valence-electron chi connectivity index (χ0n) is 12.3. The monoisotopic (exact) mass is 439 g/mol. The number of nitrogens with one attached hydrogen (secondary N) is 1. The lowest BCUT2D eigenvalue weighted by Gasteiger charge is -2.17. The summed E-state index contributed by atoms with van der Waals surface area (Å²) < 4.78 is 4.64. The summed E-state index contributed by atoms with van der Waals surface area (Å²) in [4.78, 5) is 23.1.